The largest absolute Gasteiger partial charge is 0.394 e. The summed E-state index contributed by atoms with van der Waals surface area (Å²) in [6, 6.07) is 5.48. The summed E-state index contributed by atoms with van der Waals surface area (Å²) in [5.41, 5.74) is 1.12. The normalized spacial score (nSPS) is 11.4. The second-order valence-electron chi connectivity index (χ2n) is 4.56. The molecule has 0 fully saturated rings. The molecular formula is C14H20BrNO2. The standard InChI is InChI=1S/C14H20BrNO2/c1-4-14(5-2,9-17)16-13(18)11-6-7-12(15)10(3)8-11/h6-8,17H,4-5,9H2,1-3H3,(H,16,18). The maximum absolute atomic E-state index is 12.2. The zero-order valence-electron chi connectivity index (χ0n) is 11.1. The van der Waals surface area contributed by atoms with Crippen molar-refractivity contribution in [3.63, 3.8) is 0 Å². The average molecular weight is 314 g/mol. The monoisotopic (exact) mass is 313 g/mol. The van der Waals surface area contributed by atoms with Gasteiger partial charge in [-0.3, -0.25) is 4.79 Å². The van der Waals surface area contributed by atoms with Gasteiger partial charge < -0.3 is 10.4 Å². The van der Waals surface area contributed by atoms with Crippen LogP contribution in [0.3, 0.4) is 0 Å². The summed E-state index contributed by atoms with van der Waals surface area (Å²) in [7, 11) is 0. The van der Waals surface area contributed by atoms with E-state index in [4.69, 9.17) is 0 Å². The molecule has 0 aliphatic rings. The van der Waals surface area contributed by atoms with Gasteiger partial charge in [0, 0.05) is 10.0 Å². The number of benzene rings is 1. The molecule has 0 unspecified atom stereocenters. The van der Waals surface area contributed by atoms with Gasteiger partial charge in [0.25, 0.3) is 5.91 Å². The Morgan fingerprint density at radius 2 is 2.00 bits per heavy atom. The van der Waals surface area contributed by atoms with E-state index in [1.54, 1.807) is 6.07 Å². The number of aryl methyl sites for hydroxylation is 1. The van der Waals surface area contributed by atoms with Crippen LogP contribution in [-0.2, 0) is 0 Å². The molecule has 1 aromatic rings. The van der Waals surface area contributed by atoms with Crippen molar-refractivity contribution in [1.29, 1.82) is 0 Å². The third-order valence-corrected chi connectivity index (χ3v) is 4.34. The third kappa shape index (κ3) is 3.33. The van der Waals surface area contributed by atoms with E-state index in [9.17, 15) is 9.90 Å². The zero-order chi connectivity index (χ0) is 13.8. The molecule has 3 nitrogen and oxygen atoms in total. The lowest BCUT2D eigenvalue weighted by Crippen LogP contribution is -2.50. The minimum atomic E-state index is -0.516. The highest BCUT2D eigenvalue weighted by Crippen LogP contribution is 2.19. The SMILES string of the molecule is CCC(CC)(CO)NC(=O)c1ccc(Br)c(C)c1. The summed E-state index contributed by atoms with van der Waals surface area (Å²) in [6.07, 6.45) is 1.42. The second kappa shape index (κ2) is 6.34. The molecule has 0 spiro atoms. The molecule has 0 saturated carbocycles. The molecule has 0 saturated heterocycles. The molecule has 0 aromatic heterocycles. The van der Waals surface area contributed by atoms with Gasteiger partial charge in [-0.05, 0) is 43.5 Å². The minimum Gasteiger partial charge on any atom is -0.394 e. The highest BCUT2D eigenvalue weighted by atomic mass is 79.9. The molecule has 0 aliphatic carbocycles. The zero-order valence-corrected chi connectivity index (χ0v) is 12.7. The molecule has 1 aromatic carbocycles. The number of aliphatic hydroxyl groups is 1. The maximum atomic E-state index is 12.2. The fourth-order valence-electron chi connectivity index (χ4n) is 1.79. The summed E-state index contributed by atoms with van der Waals surface area (Å²) >= 11 is 3.41. The summed E-state index contributed by atoms with van der Waals surface area (Å²) in [5, 5.41) is 12.4. The van der Waals surface area contributed by atoms with Gasteiger partial charge in [-0.15, -0.1) is 0 Å². The number of rotatable bonds is 5. The van der Waals surface area contributed by atoms with Crippen molar-refractivity contribution in [2.75, 3.05) is 6.61 Å². The predicted molar refractivity (Wildman–Crippen MR) is 76.7 cm³/mol. The van der Waals surface area contributed by atoms with Crippen LogP contribution in [0.1, 0.15) is 42.6 Å². The molecule has 18 heavy (non-hydrogen) atoms. The Morgan fingerprint density at radius 3 is 2.44 bits per heavy atom. The van der Waals surface area contributed by atoms with E-state index in [1.807, 2.05) is 32.9 Å². The molecule has 0 bridgehead atoms. The van der Waals surface area contributed by atoms with E-state index in [0.29, 0.717) is 18.4 Å². The lowest BCUT2D eigenvalue weighted by atomic mass is 9.93. The molecule has 0 heterocycles. The van der Waals surface area contributed by atoms with E-state index in [0.717, 1.165) is 10.0 Å². The lowest BCUT2D eigenvalue weighted by molar-refractivity contribution is 0.0817. The van der Waals surface area contributed by atoms with Crippen LogP contribution >= 0.6 is 15.9 Å². The van der Waals surface area contributed by atoms with E-state index in [1.165, 1.54) is 0 Å². The molecule has 0 atom stereocenters. The lowest BCUT2D eigenvalue weighted by Gasteiger charge is -2.30. The van der Waals surface area contributed by atoms with Crippen LogP contribution in [0.25, 0.3) is 0 Å². The fourth-order valence-corrected chi connectivity index (χ4v) is 2.04. The molecular weight excluding hydrogens is 294 g/mol. The van der Waals surface area contributed by atoms with Gasteiger partial charge in [0.2, 0.25) is 0 Å². The first-order chi connectivity index (χ1) is 8.48. The Bertz CT molecular complexity index is 420. The Balaban J connectivity index is 2.90. The van der Waals surface area contributed by atoms with Crippen molar-refractivity contribution >= 4 is 21.8 Å². The topological polar surface area (TPSA) is 49.3 Å². The highest BCUT2D eigenvalue weighted by molar-refractivity contribution is 9.10. The summed E-state index contributed by atoms with van der Waals surface area (Å²) in [4.78, 5) is 12.2. The fraction of sp³-hybridized carbons (Fsp3) is 0.500. The summed E-state index contributed by atoms with van der Waals surface area (Å²) in [6.45, 7) is 5.83. The van der Waals surface area contributed by atoms with E-state index in [2.05, 4.69) is 21.2 Å². The number of nitrogens with one attached hydrogen (secondary N) is 1. The van der Waals surface area contributed by atoms with Crippen LogP contribution in [0.15, 0.2) is 22.7 Å². The number of carbonyl (C=O) groups excluding carboxylic acids is 1. The van der Waals surface area contributed by atoms with Crippen LogP contribution in [0.4, 0.5) is 0 Å². The van der Waals surface area contributed by atoms with E-state index >= 15 is 0 Å². The van der Waals surface area contributed by atoms with Crippen molar-refractivity contribution in [2.45, 2.75) is 39.2 Å². The quantitative estimate of drug-likeness (QED) is 0.877. The van der Waals surface area contributed by atoms with Gasteiger partial charge in [0.05, 0.1) is 12.1 Å². The number of hydrogen-bond acceptors (Lipinski definition) is 2. The summed E-state index contributed by atoms with van der Waals surface area (Å²) in [5.74, 6) is -0.136. The second-order valence-corrected chi connectivity index (χ2v) is 5.42. The van der Waals surface area contributed by atoms with Gasteiger partial charge in [-0.1, -0.05) is 29.8 Å². The first-order valence-electron chi connectivity index (χ1n) is 6.17. The van der Waals surface area contributed by atoms with E-state index < -0.39 is 5.54 Å². The van der Waals surface area contributed by atoms with Crippen LogP contribution < -0.4 is 5.32 Å². The Morgan fingerprint density at radius 1 is 1.39 bits per heavy atom. The Hall–Kier alpha value is -0.870. The maximum Gasteiger partial charge on any atom is 0.251 e. The average Bonchev–Trinajstić information content (AvgIpc) is 2.39. The van der Waals surface area contributed by atoms with Crippen LogP contribution in [0.2, 0.25) is 0 Å². The first kappa shape index (κ1) is 15.2. The minimum absolute atomic E-state index is 0.0404. The number of carbonyl (C=O) groups is 1. The summed E-state index contributed by atoms with van der Waals surface area (Å²) < 4.78 is 0.985. The van der Waals surface area contributed by atoms with Crippen LogP contribution in [0.5, 0.6) is 0 Å². The van der Waals surface area contributed by atoms with Crippen LogP contribution in [-0.4, -0.2) is 23.2 Å². The van der Waals surface area contributed by atoms with Gasteiger partial charge in [0.15, 0.2) is 0 Å². The number of amides is 1. The Kier molecular flexibility index (Phi) is 5.35. The first-order valence-corrected chi connectivity index (χ1v) is 6.97. The van der Waals surface area contributed by atoms with Crippen LogP contribution in [0, 0.1) is 6.92 Å². The molecule has 1 rings (SSSR count). The number of hydrogen-bond donors (Lipinski definition) is 2. The van der Waals surface area contributed by atoms with Crippen molar-refractivity contribution in [3.8, 4) is 0 Å². The molecule has 2 N–H and O–H groups in total. The number of halogens is 1. The Labute approximate surface area is 117 Å². The van der Waals surface area contributed by atoms with Crippen molar-refractivity contribution in [2.24, 2.45) is 0 Å². The van der Waals surface area contributed by atoms with Crippen molar-refractivity contribution in [1.82, 2.24) is 5.32 Å². The van der Waals surface area contributed by atoms with Crippen molar-refractivity contribution in [3.05, 3.63) is 33.8 Å². The predicted octanol–water partition coefficient (Wildman–Crippen LogP) is 3.04. The molecule has 4 heteroatoms. The van der Waals surface area contributed by atoms with Gasteiger partial charge in [-0.2, -0.15) is 0 Å². The highest BCUT2D eigenvalue weighted by Gasteiger charge is 2.27. The molecule has 1 amide bonds. The van der Waals surface area contributed by atoms with Gasteiger partial charge in [-0.25, -0.2) is 0 Å². The molecule has 0 aliphatic heterocycles. The molecule has 100 valence electrons. The van der Waals surface area contributed by atoms with E-state index in [-0.39, 0.29) is 12.5 Å². The van der Waals surface area contributed by atoms with Crippen molar-refractivity contribution < 1.29 is 9.90 Å². The van der Waals surface area contributed by atoms with Gasteiger partial charge in [0.1, 0.15) is 0 Å². The molecule has 0 radical (unpaired) electrons. The van der Waals surface area contributed by atoms with Gasteiger partial charge >= 0.3 is 0 Å². The number of aliphatic hydroxyl groups excluding tert-OH is 1. The third-order valence-electron chi connectivity index (χ3n) is 3.46. The smallest absolute Gasteiger partial charge is 0.251 e.